The van der Waals surface area contributed by atoms with E-state index >= 15 is 0 Å². The molecule has 1 unspecified atom stereocenters. The van der Waals surface area contributed by atoms with Crippen molar-refractivity contribution in [2.45, 2.75) is 12.5 Å². The average molecular weight is 233 g/mol. The molecule has 0 aliphatic carbocycles. The fourth-order valence-electron chi connectivity index (χ4n) is 1.81. The lowest BCUT2D eigenvalue weighted by Crippen LogP contribution is -2.40. The highest BCUT2D eigenvalue weighted by Crippen LogP contribution is 2.27. The fraction of sp³-hybridized carbons (Fsp3) is 0.333. The molecule has 1 aliphatic heterocycles. The first-order valence-electron chi connectivity index (χ1n) is 5.31. The van der Waals surface area contributed by atoms with E-state index in [1.807, 2.05) is 31.2 Å². The predicted molar refractivity (Wildman–Crippen MR) is 65.0 cm³/mol. The lowest BCUT2D eigenvalue weighted by atomic mass is 9.92. The van der Waals surface area contributed by atoms with Crippen LogP contribution in [0, 0.1) is 0 Å². The number of benzene rings is 1. The Kier molecular flexibility index (Phi) is 2.75. The number of methoxy groups -OCH3 is 1. The van der Waals surface area contributed by atoms with Gasteiger partial charge in [0.1, 0.15) is 11.3 Å². The van der Waals surface area contributed by atoms with Crippen molar-refractivity contribution in [1.29, 1.82) is 0 Å². The van der Waals surface area contributed by atoms with Crippen molar-refractivity contribution in [2.24, 2.45) is 4.99 Å². The SMILES string of the molecule is CN=C1NC(=O)C(C)(c2cccc(OC)c2)N1. The second-order valence-electron chi connectivity index (χ2n) is 4.01. The molecule has 1 saturated heterocycles. The van der Waals surface area contributed by atoms with Gasteiger partial charge in [0.05, 0.1) is 7.11 Å². The van der Waals surface area contributed by atoms with Crippen LogP contribution in [0.5, 0.6) is 5.75 Å². The maximum absolute atomic E-state index is 12.0. The average Bonchev–Trinajstić information content (AvgIpc) is 2.66. The zero-order chi connectivity index (χ0) is 12.5. The predicted octanol–water partition coefficient (Wildman–Crippen LogP) is 0.616. The molecule has 5 nitrogen and oxygen atoms in total. The van der Waals surface area contributed by atoms with E-state index in [9.17, 15) is 4.79 Å². The first-order valence-corrected chi connectivity index (χ1v) is 5.31. The maximum atomic E-state index is 12.0. The quantitative estimate of drug-likeness (QED) is 0.787. The van der Waals surface area contributed by atoms with E-state index < -0.39 is 5.54 Å². The molecule has 0 spiro atoms. The van der Waals surface area contributed by atoms with Crippen LogP contribution in [-0.2, 0) is 10.3 Å². The summed E-state index contributed by atoms with van der Waals surface area (Å²) < 4.78 is 5.16. The molecule has 0 aromatic heterocycles. The number of nitrogens with one attached hydrogen (secondary N) is 2. The van der Waals surface area contributed by atoms with Crippen LogP contribution >= 0.6 is 0 Å². The molecule has 1 fully saturated rings. The molecule has 1 heterocycles. The Morgan fingerprint density at radius 2 is 2.18 bits per heavy atom. The van der Waals surface area contributed by atoms with Gasteiger partial charge in [-0.25, -0.2) is 0 Å². The summed E-state index contributed by atoms with van der Waals surface area (Å²) in [5, 5.41) is 5.76. The molecule has 1 aliphatic rings. The van der Waals surface area contributed by atoms with Gasteiger partial charge in [-0.1, -0.05) is 12.1 Å². The van der Waals surface area contributed by atoms with Gasteiger partial charge in [-0.2, -0.15) is 0 Å². The van der Waals surface area contributed by atoms with Crippen molar-refractivity contribution in [3.05, 3.63) is 29.8 Å². The molecule has 1 amide bonds. The number of rotatable bonds is 2. The Bertz CT molecular complexity index is 484. The minimum absolute atomic E-state index is 0.119. The van der Waals surface area contributed by atoms with Crippen molar-refractivity contribution in [2.75, 3.05) is 14.2 Å². The third-order valence-electron chi connectivity index (χ3n) is 2.93. The lowest BCUT2D eigenvalue weighted by Gasteiger charge is -2.22. The second kappa shape index (κ2) is 4.08. The summed E-state index contributed by atoms with van der Waals surface area (Å²) in [5.41, 5.74) is 0.0385. The smallest absolute Gasteiger partial charge is 0.256 e. The minimum atomic E-state index is -0.802. The van der Waals surface area contributed by atoms with Gasteiger partial charge in [-0.15, -0.1) is 0 Å². The largest absolute Gasteiger partial charge is 0.497 e. The zero-order valence-corrected chi connectivity index (χ0v) is 10.1. The van der Waals surface area contributed by atoms with Gasteiger partial charge in [0.15, 0.2) is 5.96 Å². The van der Waals surface area contributed by atoms with Gasteiger partial charge in [0.2, 0.25) is 0 Å². The Hall–Kier alpha value is -2.04. The van der Waals surface area contributed by atoms with Crippen molar-refractivity contribution in [3.8, 4) is 5.75 Å². The number of nitrogens with zero attached hydrogens (tertiary/aromatic N) is 1. The highest BCUT2D eigenvalue weighted by atomic mass is 16.5. The second-order valence-corrected chi connectivity index (χ2v) is 4.01. The molecule has 1 aromatic rings. The number of ether oxygens (including phenoxy) is 1. The van der Waals surface area contributed by atoms with Crippen LogP contribution in [0.2, 0.25) is 0 Å². The van der Waals surface area contributed by atoms with E-state index in [2.05, 4.69) is 15.6 Å². The normalized spacial score (nSPS) is 25.6. The number of guanidine groups is 1. The minimum Gasteiger partial charge on any atom is -0.497 e. The van der Waals surface area contributed by atoms with Crippen LogP contribution in [0.1, 0.15) is 12.5 Å². The number of carbonyl (C=O) groups excluding carboxylic acids is 1. The van der Waals surface area contributed by atoms with E-state index in [-0.39, 0.29) is 5.91 Å². The standard InChI is InChI=1S/C12H15N3O2/c1-12(10(16)14-11(13-2)15-12)8-5-4-6-9(7-8)17-3/h4-7H,1-3H3,(H2,13,14,15,16). The van der Waals surface area contributed by atoms with Crippen molar-refractivity contribution < 1.29 is 9.53 Å². The zero-order valence-electron chi connectivity index (χ0n) is 10.1. The molecule has 2 rings (SSSR count). The number of hydrogen-bond acceptors (Lipinski definition) is 3. The van der Waals surface area contributed by atoms with Crippen LogP contribution in [0.15, 0.2) is 29.3 Å². The van der Waals surface area contributed by atoms with Gasteiger partial charge in [0.25, 0.3) is 5.91 Å². The molecule has 0 bridgehead atoms. The molecular formula is C12H15N3O2. The molecule has 5 heteroatoms. The monoisotopic (exact) mass is 233 g/mol. The Morgan fingerprint density at radius 3 is 2.76 bits per heavy atom. The van der Waals surface area contributed by atoms with E-state index in [1.54, 1.807) is 14.2 Å². The third kappa shape index (κ3) is 1.84. The summed E-state index contributed by atoms with van der Waals surface area (Å²) in [6.45, 7) is 1.81. The summed E-state index contributed by atoms with van der Waals surface area (Å²) in [6.07, 6.45) is 0. The number of aliphatic imine (C=N–C) groups is 1. The van der Waals surface area contributed by atoms with Gasteiger partial charge in [0, 0.05) is 7.05 Å². The van der Waals surface area contributed by atoms with E-state index in [4.69, 9.17) is 4.74 Å². The first kappa shape index (κ1) is 11.4. The molecular weight excluding hydrogens is 218 g/mol. The van der Waals surface area contributed by atoms with Crippen molar-refractivity contribution in [3.63, 3.8) is 0 Å². The molecule has 0 radical (unpaired) electrons. The Morgan fingerprint density at radius 1 is 1.41 bits per heavy atom. The van der Waals surface area contributed by atoms with Crippen LogP contribution < -0.4 is 15.4 Å². The molecule has 17 heavy (non-hydrogen) atoms. The van der Waals surface area contributed by atoms with Gasteiger partial charge >= 0.3 is 0 Å². The highest BCUT2D eigenvalue weighted by Gasteiger charge is 2.42. The topological polar surface area (TPSA) is 62.7 Å². The van der Waals surface area contributed by atoms with Crippen molar-refractivity contribution >= 4 is 11.9 Å². The van der Waals surface area contributed by atoms with Gasteiger partial charge in [-0.05, 0) is 24.6 Å². The number of hydrogen-bond donors (Lipinski definition) is 2. The molecule has 90 valence electrons. The molecule has 0 saturated carbocycles. The van der Waals surface area contributed by atoms with E-state index in [1.165, 1.54) is 0 Å². The van der Waals surface area contributed by atoms with E-state index in [0.717, 1.165) is 11.3 Å². The third-order valence-corrected chi connectivity index (χ3v) is 2.93. The summed E-state index contributed by atoms with van der Waals surface area (Å²) in [5.74, 6) is 1.09. The van der Waals surface area contributed by atoms with Crippen LogP contribution in [0.4, 0.5) is 0 Å². The van der Waals surface area contributed by atoms with E-state index in [0.29, 0.717) is 5.96 Å². The highest BCUT2D eigenvalue weighted by molar-refractivity contribution is 6.09. The summed E-state index contributed by atoms with van der Waals surface area (Å²) >= 11 is 0. The Balaban J connectivity index is 2.41. The van der Waals surface area contributed by atoms with Gasteiger partial charge in [-0.3, -0.25) is 15.1 Å². The fourth-order valence-corrected chi connectivity index (χ4v) is 1.81. The van der Waals surface area contributed by atoms with Crippen LogP contribution in [0.3, 0.4) is 0 Å². The first-order chi connectivity index (χ1) is 8.10. The number of amides is 1. The van der Waals surface area contributed by atoms with Crippen LogP contribution in [0.25, 0.3) is 0 Å². The summed E-state index contributed by atoms with van der Waals surface area (Å²) in [4.78, 5) is 15.9. The van der Waals surface area contributed by atoms with Gasteiger partial charge < -0.3 is 10.1 Å². The Labute approximate surface area is 99.9 Å². The summed E-state index contributed by atoms with van der Waals surface area (Å²) in [6, 6.07) is 7.42. The summed E-state index contributed by atoms with van der Waals surface area (Å²) in [7, 11) is 3.22. The molecule has 1 atom stereocenters. The lowest BCUT2D eigenvalue weighted by molar-refractivity contribution is -0.123. The maximum Gasteiger partial charge on any atom is 0.256 e. The number of carbonyl (C=O) groups is 1. The molecule has 2 N–H and O–H groups in total. The molecule has 1 aromatic carbocycles. The van der Waals surface area contributed by atoms with Crippen molar-refractivity contribution in [1.82, 2.24) is 10.6 Å². The van der Waals surface area contributed by atoms with Crippen LogP contribution in [-0.4, -0.2) is 26.0 Å².